The highest BCUT2D eigenvalue weighted by Crippen LogP contribution is 2.41. The summed E-state index contributed by atoms with van der Waals surface area (Å²) in [6, 6.07) is 16.5. The monoisotopic (exact) mass is 459 g/mol. The van der Waals surface area contributed by atoms with E-state index in [2.05, 4.69) is 4.90 Å². The highest BCUT2D eigenvalue weighted by molar-refractivity contribution is 6.13. The summed E-state index contributed by atoms with van der Waals surface area (Å²) in [7, 11) is 0. The number of carbonyl (C=O) groups is 2. The molecule has 0 saturated heterocycles. The summed E-state index contributed by atoms with van der Waals surface area (Å²) in [5.41, 5.74) is 4.25. The molecule has 0 spiro atoms. The molecule has 0 aliphatic carbocycles. The number of Topliss-reactive ketones (excluding diaryl/α,β-unsaturated/α-hetero) is 1. The lowest BCUT2D eigenvalue weighted by atomic mass is 9.95. The zero-order chi connectivity index (χ0) is 24.4. The van der Waals surface area contributed by atoms with E-state index >= 15 is 0 Å². The Kier molecular flexibility index (Phi) is 6.50. The Hall–Kier alpha value is -3.93. The number of benzene rings is 3. The van der Waals surface area contributed by atoms with Crippen molar-refractivity contribution in [2.45, 2.75) is 27.2 Å². The van der Waals surface area contributed by atoms with Gasteiger partial charge in [0.1, 0.15) is 17.2 Å². The summed E-state index contributed by atoms with van der Waals surface area (Å²) in [5.74, 6) is -1.05. The SMILES string of the molecule is CCC(=O)c1c(-c2ccc(F)cc2)oc2cc(N(CC)CC)c(-c3cccc(C(=O)O)c3)cc12. The minimum atomic E-state index is -1.00. The third kappa shape index (κ3) is 4.19. The second-order valence-electron chi connectivity index (χ2n) is 8.01. The van der Waals surface area contributed by atoms with Crippen molar-refractivity contribution < 1.29 is 23.5 Å². The van der Waals surface area contributed by atoms with Gasteiger partial charge in [0, 0.05) is 47.8 Å². The van der Waals surface area contributed by atoms with Crippen molar-refractivity contribution in [1.82, 2.24) is 0 Å². The summed E-state index contributed by atoms with van der Waals surface area (Å²) in [4.78, 5) is 26.8. The van der Waals surface area contributed by atoms with Crippen molar-refractivity contribution in [2.24, 2.45) is 0 Å². The van der Waals surface area contributed by atoms with E-state index in [-0.39, 0.29) is 23.6 Å². The number of carboxylic acids is 1. The number of ketones is 1. The first-order valence-corrected chi connectivity index (χ1v) is 11.4. The molecule has 0 aliphatic heterocycles. The van der Waals surface area contributed by atoms with Crippen molar-refractivity contribution in [2.75, 3.05) is 18.0 Å². The fourth-order valence-corrected chi connectivity index (χ4v) is 4.27. The van der Waals surface area contributed by atoms with Gasteiger partial charge >= 0.3 is 5.97 Å². The van der Waals surface area contributed by atoms with Crippen LogP contribution in [0.5, 0.6) is 0 Å². The van der Waals surface area contributed by atoms with Gasteiger partial charge in [-0.2, -0.15) is 0 Å². The maximum atomic E-state index is 13.5. The molecule has 0 saturated carbocycles. The number of carboxylic acid groups (broad SMARTS) is 1. The van der Waals surface area contributed by atoms with Gasteiger partial charge in [-0.1, -0.05) is 19.1 Å². The van der Waals surface area contributed by atoms with E-state index in [1.54, 1.807) is 37.3 Å². The van der Waals surface area contributed by atoms with Crippen LogP contribution in [-0.4, -0.2) is 29.9 Å². The Morgan fingerprint density at radius 2 is 1.65 bits per heavy atom. The smallest absolute Gasteiger partial charge is 0.335 e. The van der Waals surface area contributed by atoms with Crippen LogP contribution in [0.2, 0.25) is 0 Å². The average molecular weight is 460 g/mol. The molecule has 6 heteroatoms. The molecule has 4 rings (SSSR count). The van der Waals surface area contributed by atoms with E-state index in [4.69, 9.17) is 4.42 Å². The third-order valence-corrected chi connectivity index (χ3v) is 6.04. The predicted molar refractivity (Wildman–Crippen MR) is 132 cm³/mol. The Morgan fingerprint density at radius 1 is 0.941 bits per heavy atom. The second-order valence-corrected chi connectivity index (χ2v) is 8.01. The van der Waals surface area contributed by atoms with E-state index in [0.717, 1.165) is 29.9 Å². The highest BCUT2D eigenvalue weighted by atomic mass is 19.1. The summed E-state index contributed by atoms with van der Waals surface area (Å²) < 4.78 is 19.8. The van der Waals surface area contributed by atoms with Gasteiger partial charge in [-0.05, 0) is 61.9 Å². The van der Waals surface area contributed by atoms with Gasteiger partial charge in [-0.25, -0.2) is 9.18 Å². The van der Waals surface area contributed by atoms with Crippen LogP contribution in [0.1, 0.15) is 47.9 Å². The van der Waals surface area contributed by atoms with E-state index in [9.17, 15) is 19.1 Å². The van der Waals surface area contributed by atoms with Gasteiger partial charge in [0.25, 0.3) is 0 Å². The number of aromatic carboxylic acids is 1. The molecule has 0 aliphatic rings. The molecule has 5 nitrogen and oxygen atoms in total. The zero-order valence-corrected chi connectivity index (χ0v) is 19.4. The fourth-order valence-electron chi connectivity index (χ4n) is 4.27. The van der Waals surface area contributed by atoms with Crippen LogP contribution >= 0.6 is 0 Å². The van der Waals surface area contributed by atoms with Crippen molar-refractivity contribution in [3.05, 3.63) is 77.6 Å². The number of halogens is 1. The number of hydrogen-bond donors (Lipinski definition) is 1. The average Bonchev–Trinajstić information content (AvgIpc) is 3.22. The van der Waals surface area contributed by atoms with Gasteiger partial charge in [0.15, 0.2) is 5.78 Å². The van der Waals surface area contributed by atoms with E-state index in [1.165, 1.54) is 12.1 Å². The predicted octanol–water partition coefficient (Wildman–Crippen LogP) is 7.04. The molecular formula is C28H26FNO4. The molecule has 0 amide bonds. The number of nitrogens with zero attached hydrogens (tertiary/aromatic N) is 1. The van der Waals surface area contributed by atoms with Crippen LogP contribution < -0.4 is 4.90 Å². The van der Waals surface area contributed by atoms with Crippen LogP contribution in [0.4, 0.5) is 10.1 Å². The molecule has 3 aromatic carbocycles. The second kappa shape index (κ2) is 9.51. The lowest BCUT2D eigenvalue weighted by Crippen LogP contribution is -2.22. The van der Waals surface area contributed by atoms with Gasteiger partial charge in [0.2, 0.25) is 0 Å². The Balaban J connectivity index is 2.05. The molecular weight excluding hydrogens is 433 g/mol. The van der Waals surface area contributed by atoms with Crippen molar-refractivity contribution in [3.8, 4) is 22.5 Å². The number of furan rings is 1. The summed E-state index contributed by atoms with van der Waals surface area (Å²) in [5, 5.41) is 10.2. The molecule has 0 atom stereocenters. The fraction of sp³-hybridized carbons (Fsp3) is 0.214. The summed E-state index contributed by atoms with van der Waals surface area (Å²) in [6.45, 7) is 7.35. The first-order chi connectivity index (χ1) is 16.4. The van der Waals surface area contributed by atoms with Crippen LogP contribution in [-0.2, 0) is 0 Å². The quantitative estimate of drug-likeness (QED) is 0.286. The van der Waals surface area contributed by atoms with Crippen molar-refractivity contribution >= 4 is 28.4 Å². The van der Waals surface area contributed by atoms with Crippen molar-refractivity contribution in [3.63, 3.8) is 0 Å². The summed E-state index contributed by atoms with van der Waals surface area (Å²) >= 11 is 0. The zero-order valence-electron chi connectivity index (χ0n) is 19.4. The normalized spacial score (nSPS) is 11.1. The lowest BCUT2D eigenvalue weighted by Gasteiger charge is -2.24. The first-order valence-electron chi connectivity index (χ1n) is 11.4. The maximum Gasteiger partial charge on any atom is 0.335 e. The number of hydrogen-bond acceptors (Lipinski definition) is 4. The van der Waals surface area contributed by atoms with Crippen LogP contribution in [0.15, 0.2) is 65.1 Å². The third-order valence-electron chi connectivity index (χ3n) is 6.04. The minimum Gasteiger partial charge on any atom is -0.478 e. The standard InChI is InChI=1S/C28H26FNO4/c1-4-24(31)26-22-15-21(18-8-7-9-19(14-18)28(32)33)23(30(5-2)6-3)16-25(22)34-27(26)17-10-12-20(29)13-11-17/h7-16H,4-6H2,1-3H3,(H,32,33). The summed E-state index contributed by atoms with van der Waals surface area (Å²) in [6.07, 6.45) is 0.282. The molecule has 0 fully saturated rings. The molecule has 174 valence electrons. The van der Waals surface area contributed by atoms with Gasteiger partial charge in [0.05, 0.1) is 11.1 Å². The number of anilines is 1. The van der Waals surface area contributed by atoms with E-state index in [1.807, 2.05) is 32.0 Å². The molecule has 1 aromatic heterocycles. The maximum absolute atomic E-state index is 13.5. The topological polar surface area (TPSA) is 70.8 Å². The molecule has 0 bridgehead atoms. The van der Waals surface area contributed by atoms with Gasteiger partial charge in [-0.15, -0.1) is 0 Å². The van der Waals surface area contributed by atoms with Crippen molar-refractivity contribution in [1.29, 1.82) is 0 Å². The lowest BCUT2D eigenvalue weighted by molar-refractivity contribution is 0.0696. The van der Waals surface area contributed by atoms with E-state index in [0.29, 0.717) is 27.9 Å². The number of carbonyl (C=O) groups excluding carboxylic acids is 1. The Bertz CT molecular complexity index is 1370. The number of fused-ring (bicyclic) bond motifs is 1. The van der Waals surface area contributed by atoms with Gasteiger partial charge in [-0.3, -0.25) is 4.79 Å². The molecule has 1 heterocycles. The van der Waals surface area contributed by atoms with Gasteiger partial charge < -0.3 is 14.4 Å². The Labute approximate surface area is 197 Å². The molecule has 1 N–H and O–H groups in total. The first kappa shape index (κ1) is 23.2. The molecule has 34 heavy (non-hydrogen) atoms. The molecule has 0 unspecified atom stereocenters. The molecule has 0 radical (unpaired) electrons. The minimum absolute atomic E-state index is 0.0844. The van der Waals surface area contributed by atoms with Crippen LogP contribution in [0, 0.1) is 5.82 Å². The van der Waals surface area contributed by atoms with Crippen LogP contribution in [0.25, 0.3) is 33.4 Å². The van der Waals surface area contributed by atoms with Crippen LogP contribution in [0.3, 0.4) is 0 Å². The number of rotatable bonds is 8. The Morgan fingerprint density at radius 3 is 2.26 bits per heavy atom. The largest absolute Gasteiger partial charge is 0.478 e. The highest BCUT2D eigenvalue weighted by Gasteiger charge is 2.24. The van der Waals surface area contributed by atoms with E-state index < -0.39 is 5.97 Å². The molecule has 4 aromatic rings.